The van der Waals surface area contributed by atoms with Gasteiger partial charge in [0, 0.05) is 13.2 Å². The number of halogens is 1. The topological polar surface area (TPSA) is 34.4 Å². The van der Waals surface area contributed by atoms with Gasteiger partial charge in [0.05, 0.1) is 18.9 Å². The molecule has 0 bridgehead atoms. The van der Waals surface area contributed by atoms with Crippen LogP contribution in [0.3, 0.4) is 0 Å². The fourth-order valence-corrected chi connectivity index (χ4v) is 1.57. The monoisotopic (exact) mass is 217 g/mol. The van der Waals surface area contributed by atoms with Gasteiger partial charge in [-0.15, -0.1) is 12.4 Å². The van der Waals surface area contributed by atoms with E-state index in [-0.39, 0.29) is 12.4 Å². The van der Waals surface area contributed by atoms with Gasteiger partial charge in [0.15, 0.2) is 0 Å². The molecule has 1 aromatic rings. The average molecular weight is 218 g/mol. The second-order valence-corrected chi connectivity index (χ2v) is 3.35. The SMILES string of the molecule is Cl.c1coc(CNCC2CCCO2)c1. The maximum atomic E-state index is 5.48. The molecule has 0 amide bonds. The Morgan fingerprint density at radius 1 is 1.50 bits per heavy atom. The molecular formula is C10H16ClNO2. The predicted molar refractivity (Wildman–Crippen MR) is 56.6 cm³/mol. The summed E-state index contributed by atoms with van der Waals surface area (Å²) in [5.41, 5.74) is 0. The molecule has 1 unspecified atom stereocenters. The van der Waals surface area contributed by atoms with Crippen molar-refractivity contribution in [3.63, 3.8) is 0 Å². The third kappa shape index (κ3) is 3.33. The Balaban J connectivity index is 0.000000980. The van der Waals surface area contributed by atoms with E-state index < -0.39 is 0 Å². The molecule has 1 atom stereocenters. The first-order chi connectivity index (χ1) is 6.45. The summed E-state index contributed by atoms with van der Waals surface area (Å²) >= 11 is 0. The fraction of sp³-hybridized carbons (Fsp3) is 0.600. The van der Waals surface area contributed by atoms with Crippen molar-refractivity contribution >= 4 is 12.4 Å². The first kappa shape index (κ1) is 11.6. The zero-order valence-corrected chi connectivity index (χ0v) is 8.89. The van der Waals surface area contributed by atoms with Gasteiger partial charge >= 0.3 is 0 Å². The number of rotatable bonds is 4. The molecule has 1 aromatic heterocycles. The number of furan rings is 1. The van der Waals surface area contributed by atoms with E-state index in [4.69, 9.17) is 9.15 Å². The summed E-state index contributed by atoms with van der Waals surface area (Å²) in [5, 5.41) is 3.31. The van der Waals surface area contributed by atoms with Gasteiger partial charge in [0.25, 0.3) is 0 Å². The van der Waals surface area contributed by atoms with E-state index in [1.807, 2.05) is 12.1 Å². The standard InChI is InChI=1S/C10H15NO2.ClH/c1-3-9(12-5-1)7-11-8-10-4-2-6-13-10;/h1,3,5,10-11H,2,4,6-8H2;1H. The van der Waals surface area contributed by atoms with E-state index in [1.54, 1.807) is 6.26 Å². The summed E-state index contributed by atoms with van der Waals surface area (Å²) in [4.78, 5) is 0. The Morgan fingerprint density at radius 2 is 2.43 bits per heavy atom. The number of hydrogen-bond donors (Lipinski definition) is 1. The number of hydrogen-bond acceptors (Lipinski definition) is 3. The van der Waals surface area contributed by atoms with Crippen LogP contribution in [0.4, 0.5) is 0 Å². The first-order valence-corrected chi connectivity index (χ1v) is 4.80. The Morgan fingerprint density at radius 3 is 3.07 bits per heavy atom. The Labute approximate surface area is 90.2 Å². The molecule has 1 saturated heterocycles. The molecule has 2 rings (SSSR count). The smallest absolute Gasteiger partial charge is 0.117 e. The van der Waals surface area contributed by atoms with E-state index in [2.05, 4.69) is 5.32 Å². The maximum absolute atomic E-state index is 5.48. The van der Waals surface area contributed by atoms with E-state index in [1.165, 1.54) is 12.8 Å². The Hall–Kier alpha value is -0.510. The van der Waals surface area contributed by atoms with Gasteiger partial charge in [-0.05, 0) is 25.0 Å². The van der Waals surface area contributed by atoms with Crippen LogP contribution in [-0.2, 0) is 11.3 Å². The minimum atomic E-state index is 0. The van der Waals surface area contributed by atoms with Crippen molar-refractivity contribution in [3.8, 4) is 0 Å². The van der Waals surface area contributed by atoms with Gasteiger partial charge in [-0.2, -0.15) is 0 Å². The minimum absolute atomic E-state index is 0. The first-order valence-electron chi connectivity index (χ1n) is 4.80. The molecule has 3 nitrogen and oxygen atoms in total. The van der Waals surface area contributed by atoms with E-state index >= 15 is 0 Å². The third-order valence-electron chi connectivity index (χ3n) is 2.28. The van der Waals surface area contributed by atoms with Crippen LogP contribution in [0.25, 0.3) is 0 Å². The van der Waals surface area contributed by atoms with Gasteiger partial charge < -0.3 is 14.5 Å². The summed E-state index contributed by atoms with van der Waals surface area (Å²) in [5.74, 6) is 0.984. The normalized spacial score (nSPS) is 20.7. The highest BCUT2D eigenvalue weighted by molar-refractivity contribution is 5.85. The van der Waals surface area contributed by atoms with Crippen LogP contribution in [0.15, 0.2) is 22.8 Å². The molecule has 4 heteroatoms. The molecule has 0 saturated carbocycles. The van der Waals surface area contributed by atoms with Crippen molar-refractivity contribution < 1.29 is 9.15 Å². The molecule has 80 valence electrons. The van der Waals surface area contributed by atoms with Crippen LogP contribution in [0, 0.1) is 0 Å². The lowest BCUT2D eigenvalue weighted by atomic mass is 10.2. The molecule has 2 heterocycles. The van der Waals surface area contributed by atoms with Crippen LogP contribution in [0.2, 0.25) is 0 Å². The second kappa shape index (κ2) is 6.06. The van der Waals surface area contributed by atoms with Gasteiger partial charge in [-0.3, -0.25) is 0 Å². The van der Waals surface area contributed by atoms with E-state index in [0.29, 0.717) is 6.10 Å². The second-order valence-electron chi connectivity index (χ2n) is 3.35. The number of nitrogens with one attached hydrogen (secondary N) is 1. The van der Waals surface area contributed by atoms with Crippen LogP contribution < -0.4 is 5.32 Å². The average Bonchev–Trinajstić information content (AvgIpc) is 2.75. The van der Waals surface area contributed by atoms with Crippen LogP contribution >= 0.6 is 12.4 Å². The Kier molecular flexibility index (Phi) is 5.01. The van der Waals surface area contributed by atoms with Crippen LogP contribution in [0.1, 0.15) is 18.6 Å². The van der Waals surface area contributed by atoms with Gasteiger partial charge in [0.2, 0.25) is 0 Å². The lowest BCUT2D eigenvalue weighted by molar-refractivity contribution is 0.109. The molecule has 0 aromatic carbocycles. The largest absolute Gasteiger partial charge is 0.468 e. The van der Waals surface area contributed by atoms with Crippen molar-refractivity contribution in [2.75, 3.05) is 13.2 Å². The number of ether oxygens (including phenoxy) is 1. The summed E-state index contributed by atoms with van der Waals surface area (Å²) in [6.07, 6.45) is 4.50. The lowest BCUT2D eigenvalue weighted by Crippen LogP contribution is -2.25. The summed E-state index contributed by atoms with van der Waals surface area (Å²) < 4.78 is 10.7. The van der Waals surface area contributed by atoms with Crippen LogP contribution in [-0.4, -0.2) is 19.3 Å². The summed E-state index contributed by atoms with van der Waals surface area (Å²) in [6.45, 7) is 2.65. The molecule has 1 aliphatic heterocycles. The molecule has 0 radical (unpaired) electrons. The van der Waals surface area contributed by atoms with Crippen LogP contribution in [0.5, 0.6) is 0 Å². The Bertz CT molecular complexity index is 232. The maximum Gasteiger partial charge on any atom is 0.117 e. The fourth-order valence-electron chi connectivity index (χ4n) is 1.57. The lowest BCUT2D eigenvalue weighted by Gasteiger charge is -2.09. The van der Waals surface area contributed by atoms with Crippen molar-refractivity contribution in [1.29, 1.82) is 0 Å². The zero-order valence-electron chi connectivity index (χ0n) is 8.07. The molecule has 1 N–H and O–H groups in total. The molecule has 0 spiro atoms. The molecule has 14 heavy (non-hydrogen) atoms. The highest BCUT2D eigenvalue weighted by Crippen LogP contribution is 2.10. The molecular weight excluding hydrogens is 202 g/mol. The van der Waals surface area contributed by atoms with Gasteiger partial charge in [-0.25, -0.2) is 0 Å². The van der Waals surface area contributed by atoms with E-state index in [9.17, 15) is 0 Å². The molecule has 1 aliphatic rings. The van der Waals surface area contributed by atoms with Crippen molar-refractivity contribution in [3.05, 3.63) is 24.2 Å². The van der Waals surface area contributed by atoms with Crippen molar-refractivity contribution in [2.45, 2.75) is 25.5 Å². The highest BCUT2D eigenvalue weighted by Gasteiger charge is 2.14. The van der Waals surface area contributed by atoms with E-state index in [0.717, 1.165) is 25.5 Å². The summed E-state index contributed by atoms with van der Waals surface area (Å²) in [6, 6.07) is 3.88. The minimum Gasteiger partial charge on any atom is -0.468 e. The van der Waals surface area contributed by atoms with Gasteiger partial charge in [-0.1, -0.05) is 0 Å². The quantitative estimate of drug-likeness (QED) is 0.838. The van der Waals surface area contributed by atoms with Gasteiger partial charge in [0.1, 0.15) is 5.76 Å². The summed E-state index contributed by atoms with van der Waals surface area (Å²) in [7, 11) is 0. The van der Waals surface area contributed by atoms with Crippen molar-refractivity contribution in [1.82, 2.24) is 5.32 Å². The predicted octanol–water partition coefficient (Wildman–Crippen LogP) is 1.97. The zero-order chi connectivity index (χ0) is 8.93. The van der Waals surface area contributed by atoms with Crippen molar-refractivity contribution in [2.24, 2.45) is 0 Å². The third-order valence-corrected chi connectivity index (χ3v) is 2.28. The molecule has 1 fully saturated rings. The molecule has 0 aliphatic carbocycles. The highest BCUT2D eigenvalue weighted by atomic mass is 35.5.